The number of anilines is 1. The Labute approximate surface area is 122 Å². The Hall–Kier alpha value is -0.650. The van der Waals surface area contributed by atoms with Crippen LogP contribution in [0.25, 0.3) is 0 Å². The summed E-state index contributed by atoms with van der Waals surface area (Å²) in [5.74, 6) is 0. The number of aryl methyl sites for hydroxylation is 1. The Morgan fingerprint density at radius 2 is 2.22 bits per heavy atom. The normalized spacial score (nSPS) is 10.2. The number of hydrogen-bond acceptors (Lipinski definition) is 2. The third-order valence-electron chi connectivity index (χ3n) is 2.37. The molecule has 5 heteroatoms. The van der Waals surface area contributed by atoms with Crippen molar-refractivity contribution < 1.29 is 4.74 Å². The molecule has 1 aromatic carbocycles. The maximum absolute atomic E-state index is 5.25. The van der Waals surface area contributed by atoms with E-state index in [9.17, 15) is 0 Å². The molecule has 0 aliphatic rings. The van der Waals surface area contributed by atoms with Gasteiger partial charge in [0.05, 0.1) is 0 Å². The second-order valence-corrected chi connectivity index (χ2v) is 5.16. The highest BCUT2D eigenvalue weighted by atomic mass is 79.9. The van der Waals surface area contributed by atoms with Gasteiger partial charge >= 0.3 is 0 Å². The van der Waals surface area contributed by atoms with Crippen molar-refractivity contribution in [2.24, 2.45) is 0 Å². The number of hydrogen-bond donors (Lipinski definition) is 2. The highest BCUT2D eigenvalue weighted by Gasteiger charge is 1.99. The van der Waals surface area contributed by atoms with Crippen LogP contribution in [-0.2, 0) is 4.74 Å². The van der Waals surface area contributed by atoms with Crippen LogP contribution in [0.5, 0.6) is 0 Å². The molecule has 0 amide bonds. The number of benzene rings is 1. The zero-order valence-corrected chi connectivity index (χ0v) is 13.2. The van der Waals surface area contributed by atoms with Gasteiger partial charge < -0.3 is 15.4 Å². The number of ether oxygens (including phenoxy) is 1. The second kappa shape index (κ2) is 8.45. The summed E-state index contributed by atoms with van der Waals surface area (Å²) in [4.78, 5) is 0. The molecule has 0 bridgehead atoms. The van der Waals surface area contributed by atoms with E-state index in [4.69, 9.17) is 17.0 Å². The molecule has 0 saturated carbocycles. The SMILES string of the molecule is CCOCCCNC(=S)Nc1ccc(Br)c(C)c1. The van der Waals surface area contributed by atoms with E-state index >= 15 is 0 Å². The Bertz CT molecular complexity index is 399. The van der Waals surface area contributed by atoms with Crippen LogP contribution in [0.2, 0.25) is 0 Å². The minimum absolute atomic E-state index is 0.647. The quantitative estimate of drug-likeness (QED) is 0.618. The van der Waals surface area contributed by atoms with Crippen LogP contribution in [0.4, 0.5) is 5.69 Å². The average molecular weight is 331 g/mol. The molecule has 2 N–H and O–H groups in total. The molecular formula is C13H19BrN2OS. The first-order chi connectivity index (χ1) is 8.63. The van der Waals surface area contributed by atoms with Gasteiger partial charge in [0.1, 0.15) is 0 Å². The van der Waals surface area contributed by atoms with E-state index in [1.165, 1.54) is 5.56 Å². The molecule has 0 fully saturated rings. The molecule has 1 rings (SSSR count). The summed E-state index contributed by atoms with van der Waals surface area (Å²) in [6.45, 7) is 6.40. The fraction of sp³-hybridized carbons (Fsp3) is 0.462. The predicted octanol–water partition coefficient (Wildman–Crippen LogP) is 3.47. The summed E-state index contributed by atoms with van der Waals surface area (Å²) in [6, 6.07) is 6.05. The molecule has 0 spiro atoms. The highest BCUT2D eigenvalue weighted by Crippen LogP contribution is 2.19. The monoisotopic (exact) mass is 330 g/mol. The molecule has 0 aliphatic carbocycles. The molecule has 0 aromatic heterocycles. The van der Waals surface area contributed by atoms with Gasteiger partial charge in [-0.2, -0.15) is 0 Å². The Morgan fingerprint density at radius 3 is 2.89 bits per heavy atom. The first kappa shape index (κ1) is 15.4. The van der Waals surface area contributed by atoms with E-state index in [-0.39, 0.29) is 0 Å². The zero-order valence-electron chi connectivity index (χ0n) is 10.8. The number of nitrogens with one attached hydrogen (secondary N) is 2. The second-order valence-electron chi connectivity index (χ2n) is 3.90. The molecule has 18 heavy (non-hydrogen) atoms. The summed E-state index contributed by atoms with van der Waals surface area (Å²) in [5.41, 5.74) is 2.18. The number of rotatable bonds is 6. The van der Waals surface area contributed by atoms with Crippen LogP contribution >= 0.6 is 28.1 Å². The molecule has 0 aliphatic heterocycles. The topological polar surface area (TPSA) is 33.3 Å². The lowest BCUT2D eigenvalue weighted by molar-refractivity contribution is 0.146. The van der Waals surface area contributed by atoms with Crippen molar-refractivity contribution in [2.75, 3.05) is 25.1 Å². The minimum Gasteiger partial charge on any atom is -0.382 e. The molecule has 100 valence electrons. The molecule has 1 aromatic rings. The van der Waals surface area contributed by atoms with Gasteiger partial charge in [-0.05, 0) is 56.2 Å². The zero-order chi connectivity index (χ0) is 13.4. The summed E-state index contributed by atoms with van der Waals surface area (Å²) in [6.07, 6.45) is 0.953. The lowest BCUT2D eigenvalue weighted by Crippen LogP contribution is -2.29. The van der Waals surface area contributed by atoms with Crippen molar-refractivity contribution in [3.8, 4) is 0 Å². The van der Waals surface area contributed by atoms with Crippen LogP contribution < -0.4 is 10.6 Å². The minimum atomic E-state index is 0.647. The standard InChI is InChI=1S/C13H19BrN2OS/c1-3-17-8-4-7-15-13(18)16-11-5-6-12(14)10(2)9-11/h5-6,9H,3-4,7-8H2,1-2H3,(H2,15,16,18). The summed E-state index contributed by atoms with van der Waals surface area (Å²) >= 11 is 8.69. The lowest BCUT2D eigenvalue weighted by atomic mass is 10.2. The maximum atomic E-state index is 5.25. The highest BCUT2D eigenvalue weighted by molar-refractivity contribution is 9.10. The van der Waals surface area contributed by atoms with Gasteiger partial charge in [0, 0.05) is 29.9 Å². The number of thiocarbonyl (C=S) groups is 1. The van der Waals surface area contributed by atoms with Crippen LogP contribution in [0.1, 0.15) is 18.9 Å². The van der Waals surface area contributed by atoms with Gasteiger partial charge in [0.2, 0.25) is 0 Å². The van der Waals surface area contributed by atoms with E-state index in [1.807, 2.05) is 26.0 Å². The van der Waals surface area contributed by atoms with Gasteiger partial charge in [-0.25, -0.2) is 0 Å². The molecule has 0 atom stereocenters. The van der Waals surface area contributed by atoms with Crippen molar-refractivity contribution >= 4 is 38.9 Å². The van der Waals surface area contributed by atoms with Gasteiger partial charge in [-0.15, -0.1) is 0 Å². The van der Waals surface area contributed by atoms with Crippen LogP contribution in [-0.4, -0.2) is 24.9 Å². The third kappa shape index (κ3) is 5.80. The molecule has 0 unspecified atom stereocenters. The van der Waals surface area contributed by atoms with E-state index in [0.29, 0.717) is 5.11 Å². The third-order valence-corrected chi connectivity index (χ3v) is 3.51. The van der Waals surface area contributed by atoms with Gasteiger partial charge in [-0.3, -0.25) is 0 Å². The van der Waals surface area contributed by atoms with Crippen molar-refractivity contribution in [1.82, 2.24) is 5.32 Å². The van der Waals surface area contributed by atoms with Crippen LogP contribution in [0.3, 0.4) is 0 Å². The van der Waals surface area contributed by atoms with Gasteiger partial charge in [-0.1, -0.05) is 15.9 Å². The molecule has 3 nitrogen and oxygen atoms in total. The molecule has 0 saturated heterocycles. The summed E-state index contributed by atoms with van der Waals surface area (Å²) in [7, 11) is 0. The van der Waals surface area contributed by atoms with E-state index in [0.717, 1.165) is 36.3 Å². The van der Waals surface area contributed by atoms with Gasteiger partial charge in [0.15, 0.2) is 5.11 Å². The van der Waals surface area contributed by atoms with E-state index < -0.39 is 0 Å². The van der Waals surface area contributed by atoms with Crippen molar-refractivity contribution in [3.63, 3.8) is 0 Å². The molecular weight excluding hydrogens is 312 g/mol. The lowest BCUT2D eigenvalue weighted by Gasteiger charge is -2.11. The Morgan fingerprint density at radius 1 is 1.44 bits per heavy atom. The summed E-state index contributed by atoms with van der Waals surface area (Å²) < 4.78 is 6.35. The largest absolute Gasteiger partial charge is 0.382 e. The van der Waals surface area contributed by atoms with Crippen molar-refractivity contribution in [1.29, 1.82) is 0 Å². The fourth-order valence-corrected chi connectivity index (χ4v) is 1.88. The first-order valence-electron chi connectivity index (χ1n) is 6.02. The van der Waals surface area contributed by atoms with Crippen molar-refractivity contribution in [2.45, 2.75) is 20.3 Å². The van der Waals surface area contributed by atoms with Crippen molar-refractivity contribution in [3.05, 3.63) is 28.2 Å². The molecule has 0 radical (unpaired) electrons. The van der Waals surface area contributed by atoms with Crippen LogP contribution in [0.15, 0.2) is 22.7 Å². The van der Waals surface area contributed by atoms with E-state index in [2.05, 4.69) is 32.6 Å². The Balaban J connectivity index is 2.29. The number of halogens is 1. The fourth-order valence-electron chi connectivity index (χ4n) is 1.42. The first-order valence-corrected chi connectivity index (χ1v) is 7.22. The molecule has 0 heterocycles. The van der Waals surface area contributed by atoms with Gasteiger partial charge in [0.25, 0.3) is 0 Å². The predicted molar refractivity (Wildman–Crippen MR) is 84.2 cm³/mol. The maximum Gasteiger partial charge on any atom is 0.170 e. The summed E-state index contributed by atoms with van der Waals surface area (Å²) in [5, 5.41) is 6.96. The van der Waals surface area contributed by atoms with Crippen LogP contribution in [0, 0.1) is 6.92 Å². The average Bonchev–Trinajstić information content (AvgIpc) is 2.34. The smallest absolute Gasteiger partial charge is 0.170 e. The Kier molecular flexibility index (Phi) is 7.23. The van der Waals surface area contributed by atoms with E-state index in [1.54, 1.807) is 0 Å².